The molecule has 0 saturated heterocycles. The van der Waals surface area contributed by atoms with Crippen LogP contribution in [0.1, 0.15) is 30.0 Å². The van der Waals surface area contributed by atoms with Gasteiger partial charge in [-0.15, -0.1) is 0 Å². The Labute approximate surface area is 109 Å². The highest BCUT2D eigenvalue weighted by Crippen LogP contribution is 2.23. The maximum absolute atomic E-state index is 3.70. The van der Waals surface area contributed by atoms with Crippen molar-refractivity contribution >= 4 is 11.8 Å². The molecular formula is C14H22N2S. The van der Waals surface area contributed by atoms with Gasteiger partial charge in [0.1, 0.15) is 0 Å². The molecule has 94 valence electrons. The smallest absolute Gasteiger partial charge is 0.0335 e. The molecule has 1 aliphatic rings. The minimum absolute atomic E-state index is 0.531. The molecule has 0 spiro atoms. The predicted molar refractivity (Wildman–Crippen MR) is 76.5 cm³/mol. The van der Waals surface area contributed by atoms with Gasteiger partial charge in [-0.2, -0.15) is 11.8 Å². The summed E-state index contributed by atoms with van der Waals surface area (Å²) in [6.07, 6.45) is 4.62. The maximum atomic E-state index is 3.70. The molecule has 0 aliphatic carbocycles. The van der Waals surface area contributed by atoms with Gasteiger partial charge in [0, 0.05) is 12.6 Å². The summed E-state index contributed by atoms with van der Waals surface area (Å²) in [6, 6.07) is 9.33. The largest absolute Gasteiger partial charge is 0.313 e. The van der Waals surface area contributed by atoms with Gasteiger partial charge in [0.2, 0.25) is 0 Å². The molecule has 0 radical (unpaired) electrons. The summed E-state index contributed by atoms with van der Waals surface area (Å²) >= 11 is 1.93. The summed E-state index contributed by atoms with van der Waals surface area (Å²) < 4.78 is 0. The van der Waals surface area contributed by atoms with E-state index in [9.17, 15) is 0 Å². The molecule has 0 amide bonds. The van der Waals surface area contributed by atoms with Crippen molar-refractivity contribution in [2.24, 2.45) is 0 Å². The molecule has 0 saturated carbocycles. The standard InChI is InChI=1S/C14H22N2S/c1-17-10-4-8-16-14-7-9-15-11-12-5-2-3-6-13(12)14/h2-3,5-6,14-16H,4,7-11H2,1H3. The molecular weight excluding hydrogens is 228 g/mol. The van der Waals surface area contributed by atoms with Gasteiger partial charge >= 0.3 is 0 Å². The van der Waals surface area contributed by atoms with Crippen molar-refractivity contribution in [3.63, 3.8) is 0 Å². The Morgan fingerprint density at radius 3 is 3.18 bits per heavy atom. The molecule has 1 unspecified atom stereocenters. The highest BCUT2D eigenvalue weighted by Gasteiger charge is 2.16. The third-order valence-corrected chi connectivity index (χ3v) is 3.97. The first-order valence-electron chi connectivity index (χ1n) is 6.42. The van der Waals surface area contributed by atoms with E-state index in [1.165, 1.54) is 29.7 Å². The topological polar surface area (TPSA) is 24.1 Å². The van der Waals surface area contributed by atoms with E-state index in [2.05, 4.69) is 41.2 Å². The van der Waals surface area contributed by atoms with E-state index < -0.39 is 0 Å². The Bertz CT molecular complexity index is 341. The Hall–Kier alpha value is -0.510. The van der Waals surface area contributed by atoms with Gasteiger partial charge < -0.3 is 10.6 Å². The molecule has 2 N–H and O–H groups in total. The fourth-order valence-corrected chi connectivity index (χ4v) is 2.80. The molecule has 0 aromatic heterocycles. The lowest BCUT2D eigenvalue weighted by molar-refractivity contribution is 0.497. The normalized spacial score (nSPS) is 19.7. The van der Waals surface area contributed by atoms with Crippen LogP contribution < -0.4 is 10.6 Å². The third kappa shape index (κ3) is 3.73. The number of hydrogen-bond acceptors (Lipinski definition) is 3. The molecule has 2 rings (SSSR count). The Morgan fingerprint density at radius 2 is 2.29 bits per heavy atom. The van der Waals surface area contributed by atoms with Crippen LogP contribution in [0.4, 0.5) is 0 Å². The average molecular weight is 250 g/mol. The highest BCUT2D eigenvalue weighted by atomic mass is 32.2. The number of hydrogen-bond donors (Lipinski definition) is 2. The fourth-order valence-electron chi connectivity index (χ4n) is 2.36. The molecule has 1 atom stereocenters. The second kappa shape index (κ2) is 7.04. The minimum Gasteiger partial charge on any atom is -0.313 e. The Kier molecular flexibility index (Phi) is 5.36. The third-order valence-electron chi connectivity index (χ3n) is 3.27. The molecule has 1 aromatic carbocycles. The quantitative estimate of drug-likeness (QED) is 0.785. The van der Waals surface area contributed by atoms with E-state index in [0.29, 0.717) is 6.04 Å². The monoisotopic (exact) mass is 250 g/mol. The number of rotatable bonds is 5. The average Bonchev–Trinajstić information content (AvgIpc) is 2.57. The van der Waals surface area contributed by atoms with Crippen LogP contribution in [0.3, 0.4) is 0 Å². The van der Waals surface area contributed by atoms with Crippen molar-refractivity contribution in [1.29, 1.82) is 0 Å². The maximum Gasteiger partial charge on any atom is 0.0335 e. The van der Waals surface area contributed by atoms with Crippen LogP contribution in [0.25, 0.3) is 0 Å². The number of benzene rings is 1. The van der Waals surface area contributed by atoms with E-state index in [0.717, 1.165) is 19.6 Å². The fraction of sp³-hybridized carbons (Fsp3) is 0.571. The van der Waals surface area contributed by atoms with E-state index >= 15 is 0 Å². The van der Waals surface area contributed by atoms with Gasteiger partial charge in [-0.3, -0.25) is 0 Å². The van der Waals surface area contributed by atoms with Gasteiger partial charge in [-0.05, 0) is 49.1 Å². The summed E-state index contributed by atoms with van der Waals surface area (Å²) in [5.74, 6) is 1.25. The second-order valence-corrected chi connectivity index (χ2v) is 5.50. The number of thioether (sulfide) groups is 1. The van der Waals surface area contributed by atoms with Crippen LogP contribution in [0.15, 0.2) is 24.3 Å². The lowest BCUT2D eigenvalue weighted by atomic mass is 9.99. The summed E-state index contributed by atoms with van der Waals surface area (Å²) in [6.45, 7) is 3.24. The van der Waals surface area contributed by atoms with Crippen LogP contribution in [0, 0.1) is 0 Å². The van der Waals surface area contributed by atoms with E-state index in [1.807, 2.05) is 11.8 Å². The SMILES string of the molecule is CSCCCNC1CCNCc2ccccc21. The van der Waals surface area contributed by atoms with Gasteiger partial charge in [0.05, 0.1) is 0 Å². The lowest BCUT2D eigenvalue weighted by Crippen LogP contribution is -2.24. The van der Waals surface area contributed by atoms with Crippen molar-refractivity contribution < 1.29 is 0 Å². The minimum atomic E-state index is 0.531. The summed E-state index contributed by atoms with van der Waals surface area (Å²) in [5, 5.41) is 7.19. The molecule has 1 aromatic rings. The lowest BCUT2D eigenvalue weighted by Gasteiger charge is -2.18. The zero-order valence-corrected chi connectivity index (χ0v) is 11.4. The molecule has 1 heterocycles. The zero-order valence-electron chi connectivity index (χ0n) is 10.5. The highest BCUT2D eigenvalue weighted by molar-refractivity contribution is 7.98. The van der Waals surface area contributed by atoms with Crippen molar-refractivity contribution in [3.05, 3.63) is 35.4 Å². The first kappa shape index (κ1) is 12.9. The van der Waals surface area contributed by atoms with Crippen molar-refractivity contribution in [1.82, 2.24) is 10.6 Å². The number of nitrogens with one attached hydrogen (secondary N) is 2. The van der Waals surface area contributed by atoms with E-state index in [1.54, 1.807) is 0 Å². The van der Waals surface area contributed by atoms with Gasteiger partial charge in [-0.1, -0.05) is 24.3 Å². The first-order chi connectivity index (χ1) is 8.42. The van der Waals surface area contributed by atoms with Crippen LogP contribution in [-0.4, -0.2) is 25.1 Å². The van der Waals surface area contributed by atoms with Crippen molar-refractivity contribution in [3.8, 4) is 0 Å². The van der Waals surface area contributed by atoms with Crippen LogP contribution in [0.5, 0.6) is 0 Å². The predicted octanol–water partition coefficient (Wildman–Crippen LogP) is 2.56. The number of fused-ring (bicyclic) bond motifs is 1. The molecule has 3 heteroatoms. The molecule has 2 nitrogen and oxygen atoms in total. The van der Waals surface area contributed by atoms with Crippen molar-refractivity contribution in [2.75, 3.05) is 25.1 Å². The summed E-state index contributed by atoms with van der Waals surface area (Å²) in [5.41, 5.74) is 2.94. The molecule has 17 heavy (non-hydrogen) atoms. The molecule has 1 aliphatic heterocycles. The first-order valence-corrected chi connectivity index (χ1v) is 7.82. The van der Waals surface area contributed by atoms with E-state index in [4.69, 9.17) is 0 Å². The zero-order chi connectivity index (χ0) is 11.9. The molecule has 0 bridgehead atoms. The van der Waals surface area contributed by atoms with Gasteiger partial charge in [0.25, 0.3) is 0 Å². The summed E-state index contributed by atoms with van der Waals surface area (Å²) in [4.78, 5) is 0. The summed E-state index contributed by atoms with van der Waals surface area (Å²) in [7, 11) is 0. The van der Waals surface area contributed by atoms with Gasteiger partial charge in [0.15, 0.2) is 0 Å². The Balaban J connectivity index is 1.97. The second-order valence-electron chi connectivity index (χ2n) is 4.52. The molecule has 0 fully saturated rings. The Morgan fingerprint density at radius 1 is 1.41 bits per heavy atom. The van der Waals surface area contributed by atoms with Crippen LogP contribution >= 0.6 is 11.8 Å². The van der Waals surface area contributed by atoms with Crippen LogP contribution in [-0.2, 0) is 6.54 Å². The van der Waals surface area contributed by atoms with Gasteiger partial charge in [-0.25, -0.2) is 0 Å². The van der Waals surface area contributed by atoms with Crippen LogP contribution in [0.2, 0.25) is 0 Å². The van der Waals surface area contributed by atoms with E-state index in [-0.39, 0.29) is 0 Å². The van der Waals surface area contributed by atoms with Crippen molar-refractivity contribution in [2.45, 2.75) is 25.4 Å².